The first-order chi connectivity index (χ1) is 5.61. The van der Waals surface area contributed by atoms with Gasteiger partial charge in [-0.05, 0) is 45.4 Å². The van der Waals surface area contributed by atoms with Gasteiger partial charge in [0.25, 0.3) is 0 Å². The molecule has 0 N–H and O–H groups in total. The van der Waals surface area contributed by atoms with Crippen molar-refractivity contribution in [2.75, 3.05) is 0 Å². The molecule has 1 aliphatic rings. The maximum absolute atomic E-state index is 3.96. The van der Waals surface area contributed by atoms with Crippen LogP contribution < -0.4 is 0 Å². The first-order valence-electron chi connectivity index (χ1n) is 4.94. The van der Waals surface area contributed by atoms with E-state index in [-0.39, 0.29) is 0 Å². The van der Waals surface area contributed by atoms with Gasteiger partial charge < -0.3 is 0 Å². The fourth-order valence-electron chi connectivity index (χ4n) is 1.77. The lowest BCUT2D eigenvalue weighted by molar-refractivity contribution is 0.593. The Kier molecular flexibility index (Phi) is 3.13. The van der Waals surface area contributed by atoms with E-state index in [0.717, 1.165) is 12.3 Å². The van der Waals surface area contributed by atoms with Gasteiger partial charge in [0, 0.05) is 0 Å². The van der Waals surface area contributed by atoms with Crippen molar-refractivity contribution in [3.63, 3.8) is 0 Å². The van der Waals surface area contributed by atoms with Crippen LogP contribution in [-0.2, 0) is 0 Å². The minimum Gasteiger partial charge on any atom is -0.100 e. The molecule has 0 nitrogen and oxygen atoms in total. The summed E-state index contributed by atoms with van der Waals surface area (Å²) in [6.45, 7) is 10.7. The highest BCUT2D eigenvalue weighted by atomic mass is 14.2. The van der Waals surface area contributed by atoms with Crippen molar-refractivity contribution in [2.24, 2.45) is 5.92 Å². The molecule has 0 heterocycles. The largest absolute Gasteiger partial charge is 0.100 e. The topological polar surface area (TPSA) is 0 Å². The van der Waals surface area contributed by atoms with Crippen LogP contribution in [0, 0.1) is 5.92 Å². The van der Waals surface area contributed by atoms with Gasteiger partial charge in [-0.25, -0.2) is 0 Å². The Labute approximate surface area is 76.4 Å². The van der Waals surface area contributed by atoms with Crippen LogP contribution in [0.2, 0.25) is 0 Å². The average Bonchev–Trinajstić information content (AvgIpc) is 1.81. The zero-order valence-corrected chi connectivity index (χ0v) is 8.61. The van der Waals surface area contributed by atoms with E-state index in [1.807, 2.05) is 0 Å². The molecule has 1 atom stereocenters. The standard InChI is InChI=1S/C12H20/c1-9(2)8-10(3)11(4)12-6-5-7-12/h10H,1,5-8H2,2-4H3. The fourth-order valence-corrected chi connectivity index (χ4v) is 1.77. The van der Waals surface area contributed by atoms with Crippen molar-refractivity contribution in [3.8, 4) is 0 Å². The zero-order chi connectivity index (χ0) is 9.14. The van der Waals surface area contributed by atoms with E-state index >= 15 is 0 Å². The van der Waals surface area contributed by atoms with Gasteiger partial charge in [0.1, 0.15) is 0 Å². The predicted molar refractivity (Wildman–Crippen MR) is 55.1 cm³/mol. The molecule has 0 aliphatic heterocycles. The minimum atomic E-state index is 0.720. The second-order valence-corrected chi connectivity index (χ2v) is 4.20. The Bertz CT molecular complexity index is 202. The van der Waals surface area contributed by atoms with Gasteiger partial charge in [0.15, 0.2) is 0 Å². The third kappa shape index (κ3) is 2.23. The fraction of sp³-hybridized carbons (Fsp3) is 0.667. The summed E-state index contributed by atoms with van der Waals surface area (Å²) >= 11 is 0. The van der Waals surface area contributed by atoms with Crippen molar-refractivity contribution in [3.05, 3.63) is 23.3 Å². The molecular weight excluding hydrogens is 144 g/mol. The van der Waals surface area contributed by atoms with Crippen LogP contribution in [0.1, 0.15) is 46.5 Å². The predicted octanol–water partition coefficient (Wildman–Crippen LogP) is 4.09. The lowest BCUT2D eigenvalue weighted by Crippen LogP contribution is -2.06. The molecule has 0 spiro atoms. The minimum absolute atomic E-state index is 0.720. The molecule has 68 valence electrons. The van der Waals surface area contributed by atoms with E-state index in [1.54, 1.807) is 11.1 Å². The van der Waals surface area contributed by atoms with E-state index in [9.17, 15) is 0 Å². The van der Waals surface area contributed by atoms with Gasteiger partial charge >= 0.3 is 0 Å². The average molecular weight is 164 g/mol. The molecule has 0 heteroatoms. The Morgan fingerprint density at radius 1 is 1.42 bits per heavy atom. The molecule has 0 aromatic heterocycles. The van der Waals surface area contributed by atoms with E-state index in [0.29, 0.717) is 0 Å². The van der Waals surface area contributed by atoms with Crippen molar-refractivity contribution in [1.29, 1.82) is 0 Å². The summed E-state index contributed by atoms with van der Waals surface area (Å²) < 4.78 is 0. The highest BCUT2D eigenvalue weighted by molar-refractivity contribution is 5.20. The van der Waals surface area contributed by atoms with Gasteiger partial charge in [0.2, 0.25) is 0 Å². The van der Waals surface area contributed by atoms with Crippen LogP contribution >= 0.6 is 0 Å². The zero-order valence-electron chi connectivity index (χ0n) is 8.61. The number of hydrogen-bond donors (Lipinski definition) is 0. The quantitative estimate of drug-likeness (QED) is 0.551. The van der Waals surface area contributed by atoms with Crippen molar-refractivity contribution < 1.29 is 0 Å². The second-order valence-electron chi connectivity index (χ2n) is 4.20. The van der Waals surface area contributed by atoms with E-state index < -0.39 is 0 Å². The first-order valence-corrected chi connectivity index (χ1v) is 4.94. The summed E-state index contributed by atoms with van der Waals surface area (Å²) in [6, 6.07) is 0. The van der Waals surface area contributed by atoms with Crippen LogP contribution in [0.25, 0.3) is 0 Å². The number of hydrogen-bond acceptors (Lipinski definition) is 0. The van der Waals surface area contributed by atoms with Gasteiger partial charge in [-0.15, -0.1) is 6.58 Å². The Morgan fingerprint density at radius 2 is 2.00 bits per heavy atom. The lowest BCUT2D eigenvalue weighted by atomic mass is 9.82. The summed E-state index contributed by atoms with van der Waals surface area (Å²) in [5.74, 6) is 0.720. The van der Waals surface area contributed by atoms with Crippen LogP contribution in [-0.4, -0.2) is 0 Å². The number of allylic oxidation sites excluding steroid dienone is 3. The van der Waals surface area contributed by atoms with Gasteiger partial charge in [-0.2, -0.15) is 0 Å². The molecule has 0 aromatic carbocycles. The molecule has 0 bridgehead atoms. The summed E-state index contributed by atoms with van der Waals surface area (Å²) in [4.78, 5) is 0. The Morgan fingerprint density at radius 3 is 2.33 bits per heavy atom. The lowest BCUT2D eigenvalue weighted by Gasteiger charge is -2.24. The molecule has 1 saturated carbocycles. The molecule has 0 radical (unpaired) electrons. The molecule has 12 heavy (non-hydrogen) atoms. The summed E-state index contributed by atoms with van der Waals surface area (Å²) in [5.41, 5.74) is 4.65. The van der Waals surface area contributed by atoms with Crippen LogP contribution in [0.15, 0.2) is 23.3 Å². The second kappa shape index (κ2) is 3.93. The molecule has 1 aliphatic carbocycles. The molecule has 1 rings (SSSR count). The van der Waals surface area contributed by atoms with Crippen LogP contribution in [0.5, 0.6) is 0 Å². The highest BCUT2D eigenvalue weighted by Gasteiger charge is 2.15. The van der Waals surface area contributed by atoms with Gasteiger partial charge in [0.05, 0.1) is 0 Å². The molecule has 0 aromatic rings. The normalized spacial score (nSPS) is 18.4. The SMILES string of the molecule is C=C(C)CC(C)C(C)=C1CCC1. The maximum atomic E-state index is 3.96. The third-order valence-corrected chi connectivity index (χ3v) is 2.91. The summed E-state index contributed by atoms with van der Waals surface area (Å²) in [7, 11) is 0. The maximum Gasteiger partial charge on any atom is -0.0195 e. The van der Waals surface area contributed by atoms with E-state index in [1.165, 1.54) is 24.8 Å². The molecule has 1 fully saturated rings. The highest BCUT2D eigenvalue weighted by Crippen LogP contribution is 2.33. The summed E-state index contributed by atoms with van der Waals surface area (Å²) in [5, 5.41) is 0. The molecule has 1 unspecified atom stereocenters. The van der Waals surface area contributed by atoms with Gasteiger partial charge in [-0.1, -0.05) is 23.6 Å². The van der Waals surface area contributed by atoms with Crippen molar-refractivity contribution >= 4 is 0 Å². The van der Waals surface area contributed by atoms with Crippen molar-refractivity contribution in [2.45, 2.75) is 46.5 Å². The molecule has 0 amide bonds. The smallest absolute Gasteiger partial charge is 0.0195 e. The molecule has 0 saturated heterocycles. The molecular formula is C12H20. The van der Waals surface area contributed by atoms with Gasteiger partial charge in [-0.3, -0.25) is 0 Å². The Hall–Kier alpha value is -0.520. The number of rotatable bonds is 3. The summed E-state index contributed by atoms with van der Waals surface area (Å²) in [6.07, 6.45) is 5.28. The van der Waals surface area contributed by atoms with E-state index in [2.05, 4.69) is 27.4 Å². The van der Waals surface area contributed by atoms with Crippen molar-refractivity contribution in [1.82, 2.24) is 0 Å². The Balaban J connectivity index is 2.51. The van der Waals surface area contributed by atoms with Crippen LogP contribution in [0.3, 0.4) is 0 Å². The van der Waals surface area contributed by atoms with E-state index in [4.69, 9.17) is 0 Å². The third-order valence-electron chi connectivity index (χ3n) is 2.91. The first kappa shape index (κ1) is 9.57. The monoisotopic (exact) mass is 164 g/mol. The van der Waals surface area contributed by atoms with Crippen LogP contribution in [0.4, 0.5) is 0 Å².